The maximum atomic E-state index is 13.8. The molecule has 2 N–H and O–H groups in total. The molecule has 184 valence electrons. The maximum absolute atomic E-state index is 13.8. The van der Waals surface area contributed by atoms with Crippen molar-refractivity contribution < 1.29 is 14.0 Å². The first-order valence-corrected chi connectivity index (χ1v) is 11.9. The molecular weight excluding hydrogens is 457 g/mol. The Kier molecular flexibility index (Phi) is 6.43. The van der Waals surface area contributed by atoms with E-state index in [-0.39, 0.29) is 11.9 Å². The second-order valence-corrected chi connectivity index (χ2v) is 9.06. The van der Waals surface area contributed by atoms with E-state index in [4.69, 9.17) is 0 Å². The highest BCUT2D eigenvalue weighted by Crippen LogP contribution is 2.38. The monoisotopic (exact) mass is 485 g/mol. The average molecular weight is 486 g/mol. The number of carbonyl (C=O) groups excluding carboxylic acids is 2. The molecule has 2 heterocycles. The number of nitrogens with zero attached hydrogens (tertiary/aromatic N) is 3. The van der Waals surface area contributed by atoms with Gasteiger partial charge in [0.25, 0.3) is 5.91 Å². The minimum absolute atomic E-state index is 0.0256. The summed E-state index contributed by atoms with van der Waals surface area (Å²) in [4.78, 5) is 31.6. The third kappa shape index (κ3) is 4.67. The van der Waals surface area contributed by atoms with Crippen LogP contribution in [0.1, 0.15) is 11.1 Å². The van der Waals surface area contributed by atoms with Crippen LogP contribution < -0.4 is 15.5 Å². The van der Waals surface area contributed by atoms with Gasteiger partial charge in [0.1, 0.15) is 5.82 Å². The van der Waals surface area contributed by atoms with Gasteiger partial charge in [-0.15, -0.1) is 0 Å². The van der Waals surface area contributed by atoms with Crippen LogP contribution in [0.5, 0.6) is 0 Å². The van der Waals surface area contributed by atoms with E-state index in [1.54, 1.807) is 18.0 Å². The van der Waals surface area contributed by atoms with Crippen LogP contribution in [0.4, 0.5) is 26.2 Å². The van der Waals surface area contributed by atoms with Crippen LogP contribution in [0.25, 0.3) is 11.3 Å². The molecule has 3 aromatic carbocycles. The summed E-state index contributed by atoms with van der Waals surface area (Å²) in [6, 6.07) is 21.3. The van der Waals surface area contributed by atoms with Crippen molar-refractivity contribution in [3.8, 4) is 0 Å². The zero-order chi connectivity index (χ0) is 25.2. The van der Waals surface area contributed by atoms with Crippen LogP contribution in [-0.4, -0.2) is 62.0 Å². The van der Waals surface area contributed by atoms with Gasteiger partial charge in [-0.25, -0.2) is 9.18 Å². The van der Waals surface area contributed by atoms with E-state index in [2.05, 4.69) is 22.6 Å². The topological polar surface area (TPSA) is 67.9 Å². The molecule has 1 saturated heterocycles. The van der Waals surface area contributed by atoms with Gasteiger partial charge in [-0.3, -0.25) is 9.69 Å². The van der Waals surface area contributed by atoms with E-state index in [9.17, 15) is 14.0 Å². The summed E-state index contributed by atoms with van der Waals surface area (Å²) in [5, 5.41) is 6.16. The van der Waals surface area contributed by atoms with Crippen LogP contribution in [0.3, 0.4) is 0 Å². The van der Waals surface area contributed by atoms with Crippen molar-refractivity contribution in [2.45, 2.75) is 0 Å². The van der Waals surface area contributed by atoms with Crippen LogP contribution in [-0.2, 0) is 4.79 Å². The predicted molar refractivity (Wildman–Crippen MR) is 141 cm³/mol. The third-order valence-corrected chi connectivity index (χ3v) is 6.62. The number of likely N-dealkylation sites (N-methyl/N-ethyl adjacent to an activating group) is 1. The largest absolute Gasteiger partial charge is 0.354 e. The number of hydrogen-bond acceptors (Lipinski definition) is 4. The van der Waals surface area contributed by atoms with Gasteiger partial charge >= 0.3 is 6.03 Å². The maximum Gasteiger partial charge on any atom is 0.324 e. The summed E-state index contributed by atoms with van der Waals surface area (Å²) in [5.74, 6) is -0.702. The molecule has 2 aliphatic heterocycles. The molecule has 0 bridgehead atoms. The van der Waals surface area contributed by atoms with Gasteiger partial charge in [0, 0.05) is 50.2 Å². The van der Waals surface area contributed by atoms with E-state index < -0.39 is 5.82 Å². The summed E-state index contributed by atoms with van der Waals surface area (Å²) in [6.07, 6.45) is 0. The lowest BCUT2D eigenvalue weighted by molar-refractivity contribution is -0.110. The van der Waals surface area contributed by atoms with Crippen molar-refractivity contribution in [2.24, 2.45) is 0 Å². The average Bonchev–Trinajstić information content (AvgIpc) is 3.22. The van der Waals surface area contributed by atoms with Crippen LogP contribution in [0.2, 0.25) is 0 Å². The molecule has 5 rings (SSSR count). The smallest absolute Gasteiger partial charge is 0.324 e. The first-order chi connectivity index (χ1) is 17.4. The summed E-state index contributed by atoms with van der Waals surface area (Å²) in [5.41, 5.74) is 4.51. The number of hydrogen-bond donors (Lipinski definition) is 2. The predicted octanol–water partition coefficient (Wildman–Crippen LogP) is 4.56. The molecule has 3 amide bonds. The highest BCUT2D eigenvalue weighted by atomic mass is 19.1. The number of benzene rings is 3. The van der Waals surface area contributed by atoms with Crippen LogP contribution >= 0.6 is 0 Å². The molecule has 0 atom stereocenters. The minimum Gasteiger partial charge on any atom is -0.354 e. The SMILES string of the molecule is CN1CCN(C(=O)N(C)c2ccc(NC(=C3C(=O)Nc4cc(F)ccc43)c3ccccc3)cc2)CC1. The summed E-state index contributed by atoms with van der Waals surface area (Å²) in [7, 11) is 3.84. The molecule has 8 heteroatoms. The fourth-order valence-corrected chi connectivity index (χ4v) is 4.51. The number of halogens is 1. The fraction of sp³-hybridized carbons (Fsp3) is 0.214. The zero-order valence-corrected chi connectivity index (χ0v) is 20.3. The number of urea groups is 1. The summed E-state index contributed by atoms with van der Waals surface area (Å²) < 4.78 is 13.8. The Balaban J connectivity index is 1.43. The van der Waals surface area contributed by atoms with Gasteiger partial charge in [0.05, 0.1) is 17.0 Å². The third-order valence-electron chi connectivity index (χ3n) is 6.62. The Morgan fingerprint density at radius 3 is 2.36 bits per heavy atom. The lowest BCUT2D eigenvalue weighted by Crippen LogP contribution is -2.51. The molecule has 2 aliphatic rings. The van der Waals surface area contributed by atoms with E-state index in [0.29, 0.717) is 35.6 Å². The second-order valence-electron chi connectivity index (χ2n) is 9.06. The van der Waals surface area contributed by atoms with Crippen molar-refractivity contribution in [3.63, 3.8) is 0 Å². The molecule has 1 fully saturated rings. The number of anilines is 3. The molecule has 0 aromatic heterocycles. The highest BCUT2D eigenvalue weighted by molar-refractivity contribution is 6.37. The first kappa shape index (κ1) is 23.6. The molecule has 0 saturated carbocycles. The molecule has 0 radical (unpaired) electrons. The molecule has 0 unspecified atom stereocenters. The van der Waals surface area contributed by atoms with Crippen LogP contribution in [0.15, 0.2) is 72.8 Å². The molecule has 0 spiro atoms. The highest BCUT2D eigenvalue weighted by Gasteiger charge is 2.29. The lowest BCUT2D eigenvalue weighted by atomic mass is 10.00. The first-order valence-electron chi connectivity index (χ1n) is 11.9. The summed E-state index contributed by atoms with van der Waals surface area (Å²) in [6.45, 7) is 3.15. The van der Waals surface area contributed by atoms with Gasteiger partial charge in [-0.2, -0.15) is 0 Å². The van der Waals surface area contributed by atoms with E-state index in [0.717, 1.165) is 30.0 Å². The van der Waals surface area contributed by atoms with Gasteiger partial charge in [-0.1, -0.05) is 30.3 Å². The zero-order valence-electron chi connectivity index (χ0n) is 20.3. The molecule has 0 aliphatic carbocycles. The number of rotatable bonds is 4. The van der Waals surface area contributed by atoms with E-state index >= 15 is 0 Å². The summed E-state index contributed by atoms with van der Waals surface area (Å²) >= 11 is 0. The Hall–Kier alpha value is -4.17. The van der Waals surface area contributed by atoms with E-state index in [1.807, 2.05) is 59.5 Å². The van der Waals surface area contributed by atoms with Gasteiger partial charge in [0.2, 0.25) is 0 Å². The standard InChI is InChI=1S/C28H28FN5O2/c1-32-14-16-34(17-15-32)28(36)33(2)22-11-9-21(10-12-22)30-26(19-6-4-3-5-7-19)25-23-13-8-20(29)18-24(23)31-27(25)35/h3-13,18,30H,14-17H2,1-2H3,(H,31,35). The Morgan fingerprint density at radius 2 is 1.67 bits per heavy atom. The Labute approximate surface area is 209 Å². The van der Waals surface area contributed by atoms with Crippen molar-refractivity contribution in [2.75, 3.05) is 55.8 Å². The molecule has 7 nitrogen and oxygen atoms in total. The number of nitrogens with one attached hydrogen (secondary N) is 2. The Bertz CT molecular complexity index is 1320. The van der Waals surface area contributed by atoms with Gasteiger partial charge in [-0.05, 0) is 55.1 Å². The normalized spacial score (nSPS) is 16.9. The number of piperazine rings is 1. The van der Waals surface area contributed by atoms with Gasteiger partial charge < -0.3 is 20.4 Å². The second kappa shape index (κ2) is 9.83. The molecular formula is C28H28FN5O2. The Morgan fingerprint density at radius 1 is 0.972 bits per heavy atom. The number of carbonyl (C=O) groups is 2. The number of fused-ring (bicyclic) bond motifs is 1. The minimum atomic E-state index is -0.407. The lowest BCUT2D eigenvalue weighted by Gasteiger charge is -2.35. The van der Waals surface area contributed by atoms with Gasteiger partial charge in [0.15, 0.2) is 0 Å². The molecule has 36 heavy (non-hydrogen) atoms. The van der Waals surface area contributed by atoms with Crippen molar-refractivity contribution >= 4 is 40.3 Å². The molecule has 3 aromatic rings. The van der Waals surface area contributed by atoms with Crippen molar-refractivity contribution in [1.29, 1.82) is 0 Å². The van der Waals surface area contributed by atoms with Crippen molar-refractivity contribution in [1.82, 2.24) is 9.80 Å². The van der Waals surface area contributed by atoms with Crippen LogP contribution in [0, 0.1) is 5.82 Å². The number of amides is 3. The quantitative estimate of drug-likeness (QED) is 0.532. The van der Waals surface area contributed by atoms with Crippen molar-refractivity contribution in [3.05, 3.63) is 89.7 Å². The fourth-order valence-electron chi connectivity index (χ4n) is 4.51. The van der Waals surface area contributed by atoms with E-state index in [1.165, 1.54) is 12.1 Å².